The van der Waals surface area contributed by atoms with Crippen LogP contribution in [0.3, 0.4) is 0 Å². The molecule has 106 valence electrons. The number of likely N-dealkylation sites (N-methyl/N-ethyl adjacent to an activating group) is 1. The lowest BCUT2D eigenvalue weighted by molar-refractivity contribution is 0.0283. The first-order chi connectivity index (χ1) is 8.90. The molecule has 0 spiro atoms. The minimum Gasteiger partial charge on any atom is -0.379 e. The maximum Gasteiger partial charge on any atom is 0.0594 e. The zero-order valence-electron chi connectivity index (χ0n) is 11.9. The van der Waals surface area contributed by atoms with Crippen molar-refractivity contribution in [2.45, 2.75) is 32.2 Å². The van der Waals surface area contributed by atoms with E-state index in [0.29, 0.717) is 0 Å². The smallest absolute Gasteiger partial charge is 0.0594 e. The lowest BCUT2D eigenvalue weighted by atomic mass is 10.0. The molecule has 4 heteroatoms. The predicted molar refractivity (Wildman–Crippen MR) is 75.0 cm³/mol. The van der Waals surface area contributed by atoms with Crippen molar-refractivity contribution in [3.05, 3.63) is 0 Å². The van der Waals surface area contributed by atoms with Crippen molar-refractivity contribution in [1.29, 1.82) is 0 Å². The van der Waals surface area contributed by atoms with Crippen LogP contribution in [-0.2, 0) is 4.74 Å². The molecule has 18 heavy (non-hydrogen) atoms. The normalized spacial score (nSPS) is 27.5. The Morgan fingerprint density at radius 2 is 1.94 bits per heavy atom. The van der Waals surface area contributed by atoms with E-state index in [1.54, 1.807) is 0 Å². The Bertz CT molecular complexity index is 219. The van der Waals surface area contributed by atoms with Gasteiger partial charge in [-0.1, -0.05) is 13.3 Å². The highest BCUT2D eigenvalue weighted by molar-refractivity contribution is 4.79. The summed E-state index contributed by atoms with van der Waals surface area (Å²) in [6.45, 7) is 12.3. The number of ether oxygens (including phenoxy) is 1. The molecule has 2 fully saturated rings. The molecule has 2 saturated heterocycles. The number of rotatable bonds is 6. The molecular weight excluding hydrogens is 226 g/mol. The van der Waals surface area contributed by atoms with Crippen molar-refractivity contribution in [1.82, 2.24) is 15.1 Å². The highest BCUT2D eigenvalue weighted by atomic mass is 16.5. The molecular formula is C14H29N3O. The molecule has 2 aliphatic rings. The van der Waals surface area contributed by atoms with E-state index in [1.165, 1.54) is 45.4 Å². The van der Waals surface area contributed by atoms with E-state index in [2.05, 4.69) is 22.0 Å². The second kappa shape index (κ2) is 8.10. The van der Waals surface area contributed by atoms with Gasteiger partial charge in [0.05, 0.1) is 13.2 Å². The van der Waals surface area contributed by atoms with Crippen LogP contribution >= 0.6 is 0 Å². The van der Waals surface area contributed by atoms with Crippen LogP contribution in [0.2, 0.25) is 0 Å². The second-order valence-corrected chi connectivity index (χ2v) is 5.45. The Morgan fingerprint density at radius 3 is 2.72 bits per heavy atom. The molecule has 0 aliphatic carbocycles. The summed E-state index contributed by atoms with van der Waals surface area (Å²) in [5.41, 5.74) is 0. The van der Waals surface area contributed by atoms with E-state index < -0.39 is 0 Å². The van der Waals surface area contributed by atoms with E-state index in [-0.39, 0.29) is 0 Å². The Balaban J connectivity index is 1.70. The van der Waals surface area contributed by atoms with E-state index >= 15 is 0 Å². The third-order valence-corrected chi connectivity index (χ3v) is 4.19. The van der Waals surface area contributed by atoms with Gasteiger partial charge in [-0.25, -0.2) is 0 Å². The summed E-state index contributed by atoms with van der Waals surface area (Å²) in [5, 5.41) is 3.51. The molecule has 0 aromatic carbocycles. The van der Waals surface area contributed by atoms with Gasteiger partial charge in [0.1, 0.15) is 0 Å². The summed E-state index contributed by atoms with van der Waals surface area (Å²) in [6.07, 6.45) is 4.16. The molecule has 2 aliphatic heterocycles. The Morgan fingerprint density at radius 1 is 1.11 bits per heavy atom. The molecule has 0 bridgehead atoms. The zero-order chi connectivity index (χ0) is 12.6. The molecule has 0 saturated carbocycles. The third-order valence-electron chi connectivity index (χ3n) is 4.19. The monoisotopic (exact) mass is 255 g/mol. The van der Waals surface area contributed by atoms with Crippen molar-refractivity contribution < 1.29 is 4.74 Å². The molecule has 2 heterocycles. The average molecular weight is 255 g/mol. The van der Waals surface area contributed by atoms with Crippen LogP contribution in [-0.4, -0.2) is 74.9 Å². The highest BCUT2D eigenvalue weighted by Crippen LogP contribution is 2.16. The number of hydrogen-bond acceptors (Lipinski definition) is 4. The van der Waals surface area contributed by atoms with Gasteiger partial charge in [-0.2, -0.15) is 0 Å². The second-order valence-electron chi connectivity index (χ2n) is 5.45. The number of nitrogens with zero attached hydrogens (tertiary/aromatic N) is 2. The SMILES string of the molecule is CCNCC1CCCCN1CCN1CCOCC1. The van der Waals surface area contributed by atoms with Gasteiger partial charge < -0.3 is 10.1 Å². The Kier molecular flexibility index (Phi) is 6.41. The zero-order valence-corrected chi connectivity index (χ0v) is 11.9. The fourth-order valence-corrected chi connectivity index (χ4v) is 2.99. The third kappa shape index (κ3) is 4.50. The first-order valence-electron chi connectivity index (χ1n) is 7.65. The van der Waals surface area contributed by atoms with Crippen molar-refractivity contribution in [2.24, 2.45) is 0 Å². The first-order valence-corrected chi connectivity index (χ1v) is 7.65. The molecule has 1 unspecified atom stereocenters. The maximum absolute atomic E-state index is 5.40. The molecule has 4 nitrogen and oxygen atoms in total. The molecule has 2 rings (SSSR count). The maximum atomic E-state index is 5.40. The van der Waals surface area contributed by atoms with Gasteiger partial charge in [0.15, 0.2) is 0 Å². The quantitative estimate of drug-likeness (QED) is 0.759. The minimum atomic E-state index is 0.764. The van der Waals surface area contributed by atoms with Crippen LogP contribution in [0.25, 0.3) is 0 Å². The molecule has 1 atom stereocenters. The summed E-state index contributed by atoms with van der Waals surface area (Å²) >= 11 is 0. The lowest BCUT2D eigenvalue weighted by Crippen LogP contribution is -2.49. The Labute approximate surface area is 112 Å². The van der Waals surface area contributed by atoms with Crippen LogP contribution < -0.4 is 5.32 Å². The summed E-state index contributed by atoms with van der Waals surface area (Å²) in [5.74, 6) is 0. The summed E-state index contributed by atoms with van der Waals surface area (Å²) < 4.78 is 5.40. The minimum absolute atomic E-state index is 0.764. The van der Waals surface area contributed by atoms with Crippen molar-refractivity contribution in [3.8, 4) is 0 Å². The van der Waals surface area contributed by atoms with E-state index in [4.69, 9.17) is 4.74 Å². The van der Waals surface area contributed by atoms with Gasteiger partial charge in [0, 0.05) is 38.8 Å². The molecule has 0 amide bonds. The van der Waals surface area contributed by atoms with Crippen LogP contribution in [0.15, 0.2) is 0 Å². The van der Waals surface area contributed by atoms with Crippen LogP contribution in [0.4, 0.5) is 0 Å². The Hall–Kier alpha value is -0.160. The number of morpholine rings is 1. The fraction of sp³-hybridized carbons (Fsp3) is 1.00. The number of hydrogen-bond donors (Lipinski definition) is 1. The van der Waals surface area contributed by atoms with Gasteiger partial charge in [-0.15, -0.1) is 0 Å². The van der Waals surface area contributed by atoms with Gasteiger partial charge in [-0.05, 0) is 25.9 Å². The van der Waals surface area contributed by atoms with Gasteiger partial charge in [0.25, 0.3) is 0 Å². The standard InChI is InChI=1S/C14H29N3O/c1-2-15-13-14-5-3-4-6-17(14)8-7-16-9-11-18-12-10-16/h14-15H,2-13H2,1H3. The van der Waals surface area contributed by atoms with E-state index in [0.717, 1.165) is 38.9 Å². The molecule has 1 N–H and O–H groups in total. The van der Waals surface area contributed by atoms with Crippen molar-refractivity contribution in [3.63, 3.8) is 0 Å². The van der Waals surface area contributed by atoms with Crippen LogP contribution in [0.5, 0.6) is 0 Å². The molecule has 0 radical (unpaired) electrons. The fourth-order valence-electron chi connectivity index (χ4n) is 2.99. The summed E-state index contributed by atoms with van der Waals surface area (Å²) in [7, 11) is 0. The number of piperidine rings is 1. The van der Waals surface area contributed by atoms with E-state index in [1.807, 2.05) is 0 Å². The van der Waals surface area contributed by atoms with Crippen LogP contribution in [0.1, 0.15) is 26.2 Å². The first kappa shape index (κ1) is 14.3. The largest absolute Gasteiger partial charge is 0.379 e. The highest BCUT2D eigenvalue weighted by Gasteiger charge is 2.22. The summed E-state index contributed by atoms with van der Waals surface area (Å²) in [6, 6.07) is 0.764. The summed E-state index contributed by atoms with van der Waals surface area (Å²) in [4.78, 5) is 5.24. The van der Waals surface area contributed by atoms with Gasteiger partial charge in [-0.3, -0.25) is 9.80 Å². The van der Waals surface area contributed by atoms with Gasteiger partial charge >= 0.3 is 0 Å². The van der Waals surface area contributed by atoms with Gasteiger partial charge in [0.2, 0.25) is 0 Å². The number of nitrogens with one attached hydrogen (secondary N) is 1. The topological polar surface area (TPSA) is 27.7 Å². The molecule has 0 aromatic rings. The van der Waals surface area contributed by atoms with Crippen molar-refractivity contribution in [2.75, 3.05) is 59.0 Å². The average Bonchev–Trinajstić information content (AvgIpc) is 2.45. The lowest BCUT2D eigenvalue weighted by Gasteiger charge is -2.37. The van der Waals surface area contributed by atoms with Crippen LogP contribution in [0, 0.1) is 0 Å². The van der Waals surface area contributed by atoms with E-state index in [9.17, 15) is 0 Å². The van der Waals surface area contributed by atoms with Crippen molar-refractivity contribution >= 4 is 0 Å². The predicted octanol–water partition coefficient (Wildman–Crippen LogP) is 0.783. The molecule has 0 aromatic heterocycles. The number of likely N-dealkylation sites (tertiary alicyclic amines) is 1.